The van der Waals surface area contributed by atoms with Gasteiger partial charge in [-0.2, -0.15) is 0 Å². The van der Waals surface area contributed by atoms with Crippen molar-refractivity contribution in [2.75, 3.05) is 27.8 Å². The molecule has 2 unspecified atom stereocenters. The van der Waals surface area contributed by atoms with Crippen LogP contribution in [0.2, 0.25) is 0 Å². The Kier molecular flexibility index (Phi) is 7.28. The van der Waals surface area contributed by atoms with Crippen molar-refractivity contribution >= 4 is 53.5 Å². The zero-order valence-corrected chi connectivity index (χ0v) is 18.1. The lowest BCUT2D eigenvalue weighted by molar-refractivity contribution is -0.129. The molecule has 0 aromatic carbocycles. The van der Waals surface area contributed by atoms with Gasteiger partial charge in [0.1, 0.15) is 0 Å². The van der Waals surface area contributed by atoms with Gasteiger partial charge in [0, 0.05) is 27.8 Å². The number of likely N-dealkylation sites (N-methyl/N-ethyl adjacent to an activating group) is 1. The molecule has 0 spiro atoms. The Bertz CT molecular complexity index is 750. The maximum atomic E-state index is 12.3. The summed E-state index contributed by atoms with van der Waals surface area (Å²) in [6, 6.07) is 0. The topological polar surface area (TPSA) is 110 Å². The monoisotopic (exact) mass is 436 g/mol. The summed E-state index contributed by atoms with van der Waals surface area (Å²) in [5, 5.41) is 8.58. The fraction of sp³-hybridized carbons (Fsp3) is 0.571. The first-order valence-electron chi connectivity index (χ1n) is 7.74. The van der Waals surface area contributed by atoms with Crippen LogP contribution in [0.15, 0.2) is 22.4 Å². The van der Waals surface area contributed by atoms with E-state index >= 15 is 0 Å². The number of carbonyl (C=O) groups excluding carboxylic acids is 2. The predicted molar refractivity (Wildman–Crippen MR) is 105 cm³/mol. The van der Waals surface area contributed by atoms with Crippen LogP contribution in [0.25, 0.3) is 0 Å². The summed E-state index contributed by atoms with van der Waals surface area (Å²) in [6.07, 6.45) is 0. The van der Waals surface area contributed by atoms with E-state index in [2.05, 4.69) is 25.8 Å². The quantitative estimate of drug-likeness (QED) is 0.339. The van der Waals surface area contributed by atoms with Crippen molar-refractivity contribution in [1.29, 1.82) is 0 Å². The molecular weight excluding hydrogens is 415 g/mol. The largest absolute Gasteiger partial charge is 0.475 e. The number of amidine groups is 2. The van der Waals surface area contributed by atoms with Gasteiger partial charge in [0.05, 0.1) is 5.25 Å². The minimum Gasteiger partial charge on any atom is -0.290 e. The number of hydrogen-bond donors (Lipinski definition) is 0. The van der Waals surface area contributed by atoms with Crippen LogP contribution in [0.3, 0.4) is 0 Å². The SMILES string of the molecule is C=C(C)CN1C(=O)C(C)SC1=NN=C1SC(OP(=O)(OC)OC)C(=O)N1C. The van der Waals surface area contributed by atoms with Crippen LogP contribution in [0, 0.1) is 0 Å². The molecule has 2 amide bonds. The van der Waals surface area contributed by atoms with Gasteiger partial charge in [-0.15, -0.1) is 10.2 Å². The first-order valence-corrected chi connectivity index (χ1v) is 11.0. The fourth-order valence-corrected chi connectivity index (χ4v) is 4.91. The molecular formula is C14H21N4O6PS2. The molecule has 13 heteroatoms. The minimum atomic E-state index is -3.83. The predicted octanol–water partition coefficient (Wildman–Crippen LogP) is 2.10. The molecule has 150 valence electrons. The van der Waals surface area contributed by atoms with Gasteiger partial charge in [0.25, 0.3) is 5.91 Å². The summed E-state index contributed by atoms with van der Waals surface area (Å²) in [7, 11) is -0.0239. The smallest absolute Gasteiger partial charge is 0.290 e. The van der Waals surface area contributed by atoms with Crippen LogP contribution in [-0.2, 0) is 27.7 Å². The van der Waals surface area contributed by atoms with E-state index in [1.165, 1.54) is 28.6 Å². The zero-order chi connectivity index (χ0) is 20.4. The molecule has 0 N–H and O–H groups in total. The van der Waals surface area contributed by atoms with E-state index in [-0.39, 0.29) is 16.3 Å². The van der Waals surface area contributed by atoms with Crippen molar-refractivity contribution in [2.24, 2.45) is 10.2 Å². The standard InChI is InChI=1S/C14H21N4O6PS2/c1-8(2)7-18-10(19)9(3)26-14(18)16-15-13-17(4)11(20)12(27-13)24-25(21,22-5)23-6/h9,12H,1,7H2,2-6H3. The average Bonchev–Trinajstić information content (AvgIpc) is 3.04. The number of amides is 2. The second kappa shape index (κ2) is 8.89. The van der Waals surface area contributed by atoms with Gasteiger partial charge >= 0.3 is 7.82 Å². The third kappa shape index (κ3) is 5.01. The van der Waals surface area contributed by atoms with E-state index in [0.29, 0.717) is 11.7 Å². The Morgan fingerprint density at radius 2 is 1.78 bits per heavy atom. The zero-order valence-electron chi connectivity index (χ0n) is 15.6. The Hall–Kier alpha value is -1.17. The van der Waals surface area contributed by atoms with Crippen molar-refractivity contribution in [3.63, 3.8) is 0 Å². The highest BCUT2D eigenvalue weighted by molar-refractivity contribution is 8.16. The van der Waals surface area contributed by atoms with Gasteiger partial charge in [0.2, 0.25) is 11.3 Å². The maximum Gasteiger partial charge on any atom is 0.475 e. The summed E-state index contributed by atoms with van der Waals surface area (Å²) in [6.45, 7) is 7.76. The first-order chi connectivity index (χ1) is 12.6. The number of carbonyl (C=O) groups is 2. The van der Waals surface area contributed by atoms with E-state index in [0.717, 1.165) is 31.6 Å². The second-order valence-corrected chi connectivity index (χ2v) is 9.84. The summed E-state index contributed by atoms with van der Waals surface area (Å²) >= 11 is 2.20. The molecule has 2 rings (SSSR count). The minimum absolute atomic E-state index is 0.0761. The van der Waals surface area contributed by atoms with Crippen molar-refractivity contribution in [3.8, 4) is 0 Å². The molecule has 0 aromatic heterocycles. The van der Waals surface area contributed by atoms with Gasteiger partial charge in [-0.3, -0.25) is 33.0 Å². The third-order valence-corrected chi connectivity index (χ3v) is 7.13. The number of rotatable bonds is 7. The lowest BCUT2D eigenvalue weighted by atomic mass is 10.3. The molecule has 0 aromatic rings. The normalized spacial score (nSPS) is 26.7. The van der Waals surface area contributed by atoms with E-state index in [9.17, 15) is 14.2 Å². The summed E-state index contributed by atoms with van der Waals surface area (Å²) in [4.78, 5) is 27.2. The maximum absolute atomic E-state index is 12.3. The number of nitrogens with zero attached hydrogens (tertiary/aromatic N) is 4. The number of phosphoric ester groups is 1. The van der Waals surface area contributed by atoms with Crippen molar-refractivity contribution in [2.45, 2.75) is 24.5 Å². The molecule has 0 bridgehead atoms. The fourth-order valence-electron chi connectivity index (χ4n) is 2.08. The van der Waals surface area contributed by atoms with Crippen LogP contribution in [-0.4, -0.2) is 70.4 Å². The number of phosphoric acid groups is 1. The van der Waals surface area contributed by atoms with Crippen LogP contribution in [0.5, 0.6) is 0 Å². The van der Waals surface area contributed by atoms with Crippen LogP contribution in [0.1, 0.15) is 13.8 Å². The molecule has 2 heterocycles. The molecule has 2 aliphatic heterocycles. The molecule has 10 nitrogen and oxygen atoms in total. The molecule has 0 saturated carbocycles. The van der Waals surface area contributed by atoms with E-state index in [1.807, 2.05) is 6.92 Å². The van der Waals surface area contributed by atoms with Gasteiger partial charge in [-0.05, 0) is 25.6 Å². The Labute approximate surface area is 166 Å². The van der Waals surface area contributed by atoms with Crippen LogP contribution < -0.4 is 0 Å². The van der Waals surface area contributed by atoms with E-state index < -0.39 is 19.2 Å². The molecule has 27 heavy (non-hydrogen) atoms. The molecule has 0 radical (unpaired) electrons. The van der Waals surface area contributed by atoms with Crippen LogP contribution >= 0.6 is 31.3 Å². The number of thioether (sulfide) groups is 2. The molecule has 0 aliphatic carbocycles. The average molecular weight is 436 g/mol. The van der Waals surface area contributed by atoms with Crippen LogP contribution in [0.4, 0.5) is 0 Å². The van der Waals surface area contributed by atoms with Gasteiger partial charge < -0.3 is 0 Å². The van der Waals surface area contributed by atoms with Gasteiger partial charge in [-0.1, -0.05) is 23.9 Å². The van der Waals surface area contributed by atoms with E-state index in [1.54, 1.807) is 6.92 Å². The summed E-state index contributed by atoms with van der Waals surface area (Å²) < 4.78 is 26.6. The van der Waals surface area contributed by atoms with Crippen molar-refractivity contribution < 1.29 is 27.7 Å². The third-order valence-electron chi connectivity index (χ3n) is 3.48. The Balaban J connectivity index is 2.19. The lowest BCUT2D eigenvalue weighted by Gasteiger charge is -2.15. The van der Waals surface area contributed by atoms with Gasteiger partial charge in [0.15, 0.2) is 10.3 Å². The highest BCUT2D eigenvalue weighted by Crippen LogP contribution is 2.51. The highest BCUT2D eigenvalue weighted by Gasteiger charge is 2.42. The Morgan fingerprint density at radius 3 is 2.33 bits per heavy atom. The van der Waals surface area contributed by atoms with Crippen molar-refractivity contribution in [3.05, 3.63) is 12.2 Å². The molecule has 2 atom stereocenters. The summed E-state index contributed by atoms with van der Waals surface area (Å²) in [5.41, 5.74) is -0.327. The summed E-state index contributed by atoms with van der Waals surface area (Å²) in [5.74, 6) is -0.552. The van der Waals surface area contributed by atoms with E-state index in [4.69, 9.17) is 4.52 Å². The molecule has 2 fully saturated rings. The van der Waals surface area contributed by atoms with Crippen molar-refractivity contribution in [1.82, 2.24) is 9.80 Å². The molecule has 2 saturated heterocycles. The first kappa shape index (κ1) is 22.1. The lowest BCUT2D eigenvalue weighted by Crippen LogP contribution is -2.32. The second-order valence-electron chi connectivity index (χ2n) is 5.67. The highest BCUT2D eigenvalue weighted by atomic mass is 32.2. The van der Waals surface area contributed by atoms with Gasteiger partial charge in [-0.25, -0.2) is 4.57 Å². The Morgan fingerprint density at radius 1 is 1.19 bits per heavy atom. The molecule has 2 aliphatic rings. The number of hydrogen-bond acceptors (Lipinski definition) is 10.